The number of halogens is 4. The average molecular weight is 235 g/mol. The van der Waals surface area contributed by atoms with Gasteiger partial charge in [-0.1, -0.05) is 0 Å². The molecular weight excluding hydrogens is 233 g/mol. The van der Waals surface area contributed by atoms with Crippen LogP contribution in [0.15, 0.2) is 6.07 Å². The Kier molecular flexibility index (Phi) is 3.27. The average Bonchev–Trinajstić information content (AvgIpc) is 2.16. The minimum absolute atomic E-state index is 0.574. The van der Waals surface area contributed by atoms with Crippen LogP contribution in [-0.4, -0.2) is 10.2 Å². The summed E-state index contributed by atoms with van der Waals surface area (Å²) >= 11 is 4.95. The quantitative estimate of drug-likeness (QED) is 0.583. The molecule has 0 aliphatic heterocycles. The molecule has 0 amide bonds. The Morgan fingerprint density at radius 3 is 2.60 bits per heavy atom. The zero-order valence-electron chi connectivity index (χ0n) is 6.97. The Morgan fingerprint density at radius 1 is 1.60 bits per heavy atom. The van der Waals surface area contributed by atoms with Crippen molar-refractivity contribution in [1.82, 2.24) is 4.98 Å². The maximum Gasteiger partial charge on any atom is 0.281 e. The van der Waals surface area contributed by atoms with Gasteiger partial charge in [0.1, 0.15) is 11.8 Å². The van der Waals surface area contributed by atoms with Crippen LogP contribution in [-0.2, 0) is 0 Å². The molecule has 0 aliphatic rings. The number of nitrogens with zero attached hydrogens (tertiary/aromatic N) is 2. The Hall–Kier alpha value is -1.61. The lowest BCUT2D eigenvalue weighted by molar-refractivity contribution is 0.107. The highest BCUT2D eigenvalue weighted by Crippen LogP contribution is 2.23. The van der Waals surface area contributed by atoms with Gasteiger partial charge in [0.15, 0.2) is 0 Å². The van der Waals surface area contributed by atoms with E-state index in [1.807, 2.05) is 0 Å². The van der Waals surface area contributed by atoms with Gasteiger partial charge in [-0.25, -0.2) is 13.8 Å². The molecule has 0 fully saturated rings. The monoisotopic (exact) mass is 234 g/mol. The summed E-state index contributed by atoms with van der Waals surface area (Å²) in [6.45, 7) is 0. The van der Waals surface area contributed by atoms with Crippen LogP contribution in [0.4, 0.5) is 13.2 Å². The molecule has 0 unspecified atom stereocenters. The highest BCUT2D eigenvalue weighted by atomic mass is 35.5. The summed E-state index contributed by atoms with van der Waals surface area (Å²) in [5, 5.41) is 7.27. The molecule has 0 aliphatic carbocycles. The molecule has 1 aromatic rings. The molecule has 0 spiro atoms. The standard InChI is InChI=1S/C8H2ClF3N2O/c9-6(15)4-1-3(2-13)5(7(10)11)14-8(4)12/h1,7H. The van der Waals surface area contributed by atoms with Crippen LogP contribution in [0.5, 0.6) is 0 Å². The maximum atomic E-state index is 12.9. The molecule has 0 saturated heterocycles. The largest absolute Gasteiger partial charge is 0.281 e. The Balaban J connectivity index is 3.44. The molecule has 0 atom stereocenters. The molecule has 0 saturated carbocycles. The van der Waals surface area contributed by atoms with Gasteiger partial charge in [0.05, 0.1) is 11.1 Å². The highest BCUT2D eigenvalue weighted by Gasteiger charge is 2.21. The van der Waals surface area contributed by atoms with Gasteiger partial charge in [-0.2, -0.15) is 9.65 Å². The summed E-state index contributed by atoms with van der Waals surface area (Å²) in [5.41, 5.74) is -2.27. The summed E-state index contributed by atoms with van der Waals surface area (Å²) in [5.74, 6) is -1.41. The highest BCUT2D eigenvalue weighted by molar-refractivity contribution is 6.67. The molecule has 1 rings (SSSR count). The number of hydrogen-bond donors (Lipinski definition) is 0. The van der Waals surface area contributed by atoms with Crippen LogP contribution >= 0.6 is 11.6 Å². The van der Waals surface area contributed by atoms with Crippen molar-refractivity contribution < 1.29 is 18.0 Å². The van der Waals surface area contributed by atoms with Gasteiger partial charge in [0, 0.05) is 0 Å². The van der Waals surface area contributed by atoms with Crippen molar-refractivity contribution in [2.75, 3.05) is 0 Å². The second kappa shape index (κ2) is 4.28. The van der Waals surface area contributed by atoms with Gasteiger partial charge in [-0.15, -0.1) is 0 Å². The third-order valence-corrected chi connectivity index (χ3v) is 1.75. The SMILES string of the molecule is N#Cc1cc(C(=O)Cl)c(F)nc1C(F)F. The van der Waals surface area contributed by atoms with Gasteiger partial charge in [0.25, 0.3) is 11.7 Å². The van der Waals surface area contributed by atoms with Crippen molar-refractivity contribution in [3.63, 3.8) is 0 Å². The fourth-order valence-corrected chi connectivity index (χ4v) is 1.03. The molecule has 0 aromatic carbocycles. The van der Waals surface area contributed by atoms with Crippen molar-refractivity contribution in [2.45, 2.75) is 6.43 Å². The van der Waals surface area contributed by atoms with Crippen LogP contribution in [0.25, 0.3) is 0 Å². The van der Waals surface area contributed by atoms with Gasteiger partial charge in [-0.05, 0) is 17.7 Å². The molecule has 1 aromatic heterocycles. The predicted octanol–water partition coefficient (Wildman–Crippen LogP) is 2.41. The van der Waals surface area contributed by atoms with E-state index in [0.29, 0.717) is 6.07 Å². The van der Waals surface area contributed by atoms with E-state index in [4.69, 9.17) is 16.9 Å². The lowest BCUT2D eigenvalue weighted by Gasteiger charge is -2.03. The molecule has 15 heavy (non-hydrogen) atoms. The molecule has 0 bridgehead atoms. The van der Waals surface area contributed by atoms with Crippen molar-refractivity contribution in [1.29, 1.82) is 5.26 Å². The van der Waals surface area contributed by atoms with E-state index in [1.165, 1.54) is 6.07 Å². The smallest absolute Gasteiger partial charge is 0.275 e. The number of rotatable bonds is 2. The normalized spacial score (nSPS) is 10.1. The van der Waals surface area contributed by atoms with Gasteiger partial charge >= 0.3 is 0 Å². The number of pyridine rings is 1. The first-order valence-corrected chi connectivity index (χ1v) is 3.93. The van der Waals surface area contributed by atoms with E-state index in [1.54, 1.807) is 0 Å². The number of alkyl halides is 2. The number of carbonyl (C=O) groups is 1. The van der Waals surface area contributed by atoms with Crippen molar-refractivity contribution >= 4 is 16.8 Å². The number of aromatic nitrogens is 1. The molecule has 7 heteroatoms. The van der Waals surface area contributed by atoms with E-state index in [0.717, 1.165) is 0 Å². The van der Waals surface area contributed by atoms with Crippen LogP contribution in [0, 0.1) is 17.3 Å². The Labute approximate surface area is 87.1 Å². The Morgan fingerprint density at radius 2 is 2.20 bits per heavy atom. The first-order valence-electron chi connectivity index (χ1n) is 3.56. The molecule has 78 valence electrons. The van der Waals surface area contributed by atoms with E-state index in [-0.39, 0.29) is 0 Å². The molecule has 0 radical (unpaired) electrons. The van der Waals surface area contributed by atoms with E-state index in [2.05, 4.69) is 4.98 Å². The molecule has 1 heterocycles. The zero-order chi connectivity index (χ0) is 11.6. The second-order valence-electron chi connectivity index (χ2n) is 2.45. The fraction of sp³-hybridized carbons (Fsp3) is 0.125. The van der Waals surface area contributed by atoms with E-state index >= 15 is 0 Å². The summed E-state index contributed by atoms with van der Waals surface area (Å²) in [7, 11) is 0. The van der Waals surface area contributed by atoms with Crippen LogP contribution in [0.3, 0.4) is 0 Å². The first-order chi connectivity index (χ1) is 6.97. The van der Waals surface area contributed by atoms with Crippen molar-refractivity contribution in [3.05, 3.63) is 28.8 Å². The third kappa shape index (κ3) is 2.25. The minimum atomic E-state index is -3.09. The van der Waals surface area contributed by atoms with E-state index < -0.39 is 34.4 Å². The third-order valence-electron chi connectivity index (χ3n) is 1.54. The van der Waals surface area contributed by atoms with Gasteiger partial charge in [-0.3, -0.25) is 4.79 Å². The fourth-order valence-electron chi connectivity index (χ4n) is 0.898. The number of nitriles is 1. The summed E-state index contributed by atoms with van der Waals surface area (Å²) in [4.78, 5) is 13.4. The van der Waals surface area contributed by atoms with Gasteiger partial charge < -0.3 is 0 Å². The summed E-state index contributed by atoms with van der Waals surface area (Å²) < 4.78 is 37.4. The lowest BCUT2D eigenvalue weighted by Crippen LogP contribution is -2.04. The van der Waals surface area contributed by atoms with Gasteiger partial charge in [0.2, 0.25) is 5.95 Å². The molecule has 0 N–H and O–H groups in total. The maximum absolute atomic E-state index is 12.9. The van der Waals surface area contributed by atoms with Crippen LogP contribution in [0.1, 0.15) is 28.0 Å². The topological polar surface area (TPSA) is 53.8 Å². The zero-order valence-corrected chi connectivity index (χ0v) is 7.73. The number of carbonyl (C=O) groups excluding carboxylic acids is 1. The second-order valence-corrected chi connectivity index (χ2v) is 2.79. The van der Waals surface area contributed by atoms with E-state index in [9.17, 15) is 18.0 Å². The first kappa shape index (κ1) is 11.5. The summed E-state index contributed by atoms with van der Waals surface area (Å²) in [6, 6.07) is 2.03. The lowest BCUT2D eigenvalue weighted by atomic mass is 10.1. The molecule has 3 nitrogen and oxygen atoms in total. The van der Waals surface area contributed by atoms with Crippen molar-refractivity contribution in [3.8, 4) is 6.07 Å². The Bertz CT molecular complexity index is 456. The van der Waals surface area contributed by atoms with Crippen LogP contribution in [0.2, 0.25) is 0 Å². The minimum Gasteiger partial charge on any atom is -0.275 e. The summed E-state index contributed by atoms with van der Waals surface area (Å²) in [6.07, 6.45) is -3.09. The van der Waals surface area contributed by atoms with Crippen LogP contribution < -0.4 is 0 Å². The predicted molar refractivity (Wildman–Crippen MR) is 44.1 cm³/mol. The van der Waals surface area contributed by atoms with Crippen molar-refractivity contribution in [2.24, 2.45) is 0 Å². The number of hydrogen-bond acceptors (Lipinski definition) is 3. The molecular formula is C8H2ClF3N2O.